The van der Waals surface area contributed by atoms with Crippen LogP contribution in [0.3, 0.4) is 0 Å². The number of ketones is 1. The first-order chi connectivity index (χ1) is 60.1. The number of aryl methyl sites for hydroxylation is 1. The fraction of sp³-hybridized carbons (Fsp3) is 0.395. The van der Waals surface area contributed by atoms with E-state index in [0.717, 1.165) is 19.5 Å². The van der Waals surface area contributed by atoms with Gasteiger partial charge in [0.25, 0.3) is 13.9 Å². The van der Waals surface area contributed by atoms with Crippen LogP contribution in [0.15, 0.2) is 186 Å². The summed E-state index contributed by atoms with van der Waals surface area (Å²) in [5.41, 5.74) is -2.56. The van der Waals surface area contributed by atoms with E-state index in [9.17, 15) is 44.6 Å². The molecule has 44 heteroatoms. The van der Waals surface area contributed by atoms with Crippen molar-refractivity contribution in [3.63, 3.8) is 0 Å². The highest BCUT2D eigenvalue weighted by atomic mass is 31.2. The summed E-state index contributed by atoms with van der Waals surface area (Å²) in [5, 5.41) is 35.6. The van der Waals surface area contributed by atoms with Gasteiger partial charge in [-0.2, -0.15) is 30.7 Å². The third-order valence-corrected chi connectivity index (χ3v) is 28.8. The second kappa shape index (κ2) is 43.5. The summed E-state index contributed by atoms with van der Waals surface area (Å²) in [7, 11) is -16.7. The van der Waals surface area contributed by atoms with Crippen molar-refractivity contribution in [2.75, 3.05) is 84.3 Å². The number of H-pyrrole nitrogens is 1. The number of methoxy groups -OCH3 is 2. The lowest BCUT2D eigenvalue weighted by Gasteiger charge is -2.43. The Morgan fingerprint density at radius 1 is 0.624 bits per heavy atom. The third-order valence-electron chi connectivity index (χ3n) is 19.3. The van der Waals surface area contributed by atoms with Gasteiger partial charge in [-0.05, 0) is 46.1 Å². The molecule has 662 valence electrons. The minimum atomic E-state index is -5.36. The molecule has 2 amide bonds. The van der Waals surface area contributed by atoms with Crippen molar-refractivity contribution in [1.82, 2.24) is 38.6 Å². The molecule has 3 saturated heterocycles. The monoisotopic (exact) mass is 1800 g/mol. The number of nitrogens with zero attached hydrogens (tertiary/aromatic N) is 10. The van der Waals surface area contributed by atoms with E-state index in [1.54, 1.807) is 18.2 Å². The smallest absolute Gasteiger partial charge is 0.476 e. The van der Waals surface area contributed by atoms with Crippen LogP contribution in [0.1, 0.15) is 106 Å². The first-order valence-electron chi connectivity index (χ1n) is 39.0. The van der Waals surface area contributed by atoms with Crippen LogP contribution in [-0.2, 0) is 82.5 Å². The van der Waals surface area contributed by atoms with Crippen LogP contribution in [0.5, 0.6) is 17.4 Å². The third kappa shape index (κ3) is 24.0. The van der Waals surface area contributed by atoms with Crippen LogP contribution in [0.2, 0.25) is 5.04 Å². The maximum Gasteiger partial charge on any atom is 0.476 e. The Kier molecular flexibility index (Phi) is 32.9. The summed E-state index contributed by atoms with van der Waals surface area (Å²) in [6, 6.07) is 38.2. The van der Waals surface area contributed by atoms with Crippen LogP contribution < -0.4 is 52.2 Å². The molecule has 7 heterocycles. The van der Waals surface area contributed by atoms with Crippen molar-refractivity contribution >= 4 is 83.1 Å². The number of nitrogens with one attached hydrogen (secondary N) is 3. The normalized spacial score (nSPS) is 20.4. The number of phosphoric acid groups is 3. The number of phosphoric ester groups is 3. The van der Waals surface area contributed by atoms with Crippen molar-refractivity contribution < 1.29 is 111 Å². The average molecular weight is 1800 g/mol. The summed E-state index contributed by atoms with van der Waals surface area (Å²) in [6.07, 6.45) is -12.0. The maximum absolute atomic E-state index is 16.1. The van der Waals surface area contributed by atoms with Gasteiger partial charge in [0.05, 0.1) is 97.7 Å². The molecule has 3 aliphatic rings. The highest BCUT2D eigenvalue weighted by Gasteiger charge is 2.54. The van der Waals surface area contributed by atoms with Gasteiger partial charge in [-0.15, -0.1) is 0 Å². The summed E-state index contributed by atoms with van der Waals surface area (Å²) in [6.45, 7) is 13.9. The van der Waals surface area contributed by atoms with Gasteiger partial charge in [-0.1, -0.05) is 150 Å². The van der Waals surface area contributed by atoms with E-state index in [2.05, 4.69) is 76.1 Å². The molecule has 0 radical (unpaired) electrons. The lowest BCUT2D eigenvalue weighted by Crippen LogP contribution is -2.67. The van der Waals surface area contributed by atoms with Gasteiger partial charge >= 0.3 is 47.0 Å². The van der Waals surface area contributed by atoms with E-state index in [1.165, 1.54) is 99.1 Å². The molecule has 3 aliphatic heterocycles. The first kappa shape index (κ1) is 94.4. The Labute approximate surface area is 717 Å². The van der Waals surface area contributed by atoms with Crippen molar-refractivity contribution in [3.05, 3.63) is 220 Å². The molecule has 3 fully saturated rings. The molecule has 3 N–H and O–H groups in total. The molecule has 4 aromatic carbocycles. The van der Waals surface area contributed by atoms with Crippen molar-refractivity contribution in [2.24, 2.45) is 0 Å². The largest absolute Gasteiger partial charge is 0.497 e. The first-order valence-corrected chi connectivity index (χ1v) is 45.3. The number of rotatable bonds is 45. The molecule has 13 atom stereocenters. The van der Waals surface area contributed by atoms with Gasteiger partial charge in [-0.3, -0.25) is 79.6 Å². The number of anilines is 2. The number of benzene rings is 4. The Morgan fingerprint density at radius 3 is 1.62 bits per heavy atom. The molecule has 8 aromatic rings. The number of amides is 2. The van der Waals surface area contributed by atoms with Gasteiger partial charge in [0.1, 0.15) is 92.4 Å². The van der Waals surface area contributed by atoms with Crippen LogP contribution in [0, 0.1) is 40.9 Å². The number of aromatic nitrogens is 8. The number of nitriles is 3. The molecule has 11 rings (SSSR count). The molecule has 0 saturated carbocycles. The van der Waals surface area contributed by atoms with Gasteiger partial charge in [0.15, 0.2) is 23.1 Å². The quantitative estimate of drug-likeness (QED) is 0.0105. The van der Waals surface area contributed by atoms with Crippen LogP contribution in [0.25, 0.3) is 11.2 Å². The fourth-order valence-corrected chi connectivity index (χ4v) is 22.5. The number of aromatic amines is 1. The lowest BCUT2D eigenvalue weighted by molar-refractivity contribution is -0.0649. The second-order valence-corrected chi connectivity index (χ2v) is 37.9. The lowest BCUT2D eigenvalue weighted by atomic mass is 9.99. The molecule has 40 nitrogen and oxygen atoms in total. The number of hydrogen-bond acceptors (Lipinski definition) is 34. The molecule has 0 bridgehead atoms. The Hall–Kier alpha value is -11.3. The molecule has 125 heavy (non-hydrogen) atoms. The van der Waals surface area contributed by atoms with Gasteiger partial charge in [0, 0.05) is 48.8 Å². The minimum Gasteiger partial charge on any atom is -0.497 e. The molecule has 4 aromatic heterocycles. The number of fused-ring (bicyclic) bond motifs is 1. The van der Waals surface area contributed by atoms with E-state index in [1.807, 2.05) is 78.9 Å². The summed E-state index contributed by atoms with van der Waals surface area (Å²) >= 11 is 0. The second-order valence-electron chi connectivity index (χ2n) is 28.8. The van der Waals surface area contributed by atoms with E-state index in [-0.39, 0.29) is 96.3 Å². The predicted octanol–water partition coefficient (Wildman–Crippen LogP) is 11.4. The van der Waals surface area contributed by atoms with E-state index < -0.39 is 192 Å². The number of hydrogen-bond donors (Lipinski definition) is 3. The number of Topliss-reactive ketones (excluding diaryl/α,β-unsaturated/α-hetero) is 1. The zero-order valence-electron chi connectivity index (χ0n) is 68.8. The number of imidazole rings is 1. The predicted molar refractivity (Wildman–Crippen MR) is 447 cm³/mol. The number of carbonyl (C=O) groups is 3. The number of ether oxygens (including phenoxy) is 8. The molecular weight excluding hydrogens is 1710 g/mol. The molecular formula is C81H92N13O27P3Si. The van der Waals surface area contributed by atoms with Gasteiger partial charge < -0.3 is 42.3 Å². The van der Waals surface area contributed by atoms with Crippen LogP contribution in [-0.4, -0.2) is 175 Å². The fourth-order valence-electron chi connectivity index (χ4n) is 13.6. The summed E-state index contributed by atoms with van der Waals surface area (Å²) in [5.74, 6) is -1.08. The molecule has 0 aliphatic carbocycles. The zero-order valence-corrected chi connectivity index (χ0v) is 72.5. The number of carbonyl (C=O) groups excluding carboxylic acids is 3. The Morgan fingerprint density at radius 2 is 1.11 bits per heavy atom. The molecule has 0 spiro atoms. The van der Waals surface area contributed by atoms with Crippen LogP contribution >= 0.6 is 23.5 Å². The van der Waals surface area contributed by atoms with Crippen LogP contribution in [0.4, 0.5) is 21.4 Å². The highest BCUT2D eigenvalue weighted by molar-refractivity contribution is 7.49. The Balaban J connectivity index is 0.955. The standard InChI is InChI=1S/C81H92N13O27P3Si/c1-10-36-106-75-70-73(88-76(90-75)91-80(100)108-38-12-3)94(52-85-70)69-47-62(65(117-69)51-114-125(81(5,6)7,58-27-18-14-19-28-58)59-29-20-15-21-30-59)119-123(102,110-40-23-33-83)112-49-63-60(46-68(116-63)93-48-53(4)74(96)89-78(93)98)118-122(101,109-39-22-32-82)113-50-64-61(45-67(115-64)92-35-31-66(86-77(92)97)87-79(99)107-37-11-2)120-124(103,111-41-24-34-84)121-72(71(95)54-25-16-13-17-26-54)55-42-56(104-8)44-57(43-55)105-9/h10-21,25-31,35,42-44,48,52,60-65,67-69,72H,1-3,22-24,36-41,45-47,49-51H2,4-9H3,(H,89,96,98)(H,86,87,97,99)(H,88,90,91,100)/t60-,61-,62-,63+,64+,65+,67+,68+,69+,72?,122?,123?,124?/m0/s1. The summed E-state index contributed by atoms with van der Waals surface area (Å²) in [4.78, 5) is 101. The zero-order chi connectivity index (χ0) is 89.5. The van der Waals surface area contributed by atoms with Crippen molar-refractivity contribution in [2.45, 2.75) is 133 Å². The highest BCUT2D eigenvalue weighted by Crippen LogP contribution is 2.60. The van der Waals surface area contributed by atoms with E-state index in [4.69, 9.17) is 83.0 Å². The summed E-state index contributed by atoms with van der Waals surface area (Å²) < 4.78 is 162. The maximum atomic E-state index is 16.1. The van der Waals surface area contributed by atoms with E-state index in [0.29, 0.717) is 0 Å². The average Bonchev–Trinajstić information content (AvgIpc) is 1.74. The Bertz CT molecular complexity index is 5550. The SMILES string of the molecule is C=CCOC(=O)Nc1ccn([C@H]2C[C@H](OP(=O)(OCCC#N)OC(C(=O)c3ccccc3)c3cc(OC)cc(OC)c3)[C@@H](COP(=O)(OCCC#N)O[C@H]3C[C@H](n4cc(C)c(=O)[nH]c4=O)O[C@@H]3COP(=O)(OCCC#N)O[C@H]3C[C@H](n4cnc5c(OCC=C)nc(NC(=O)OCC=C)nc54)O[C@@H]3CO[Si](c3ccccc3)(c3ccccc3)C(C)(C)C)O2)c(=O)n1. The van der Waals surface area contributed by atoms with Gasteiger partial charge in [-0.25, -0.2) is 37.9 Å². The van der Waals surface area contributed by atoms with Gasteiger partial charge in [0.2, 0.25) is 11.8 Å². The minimum absolute atomic E-state index is 0.0111. The topological polar surface area (TPSA) is 497 Å². The van der Waals surface area contributed by atoms with Crippen molar-refractivity contribution in [1.29, 1.82) is 15.8 Å². The van der Waals surface area contributed by atoms with Crippen molar-refractivity contribution in [3.8, 4) is 35.6 Å². The van der Waals surface area contributed by atoms with E-state index >= 15 is 13.7 Å². The molecule has 4 unspecified atom stereocenters.